The van der Waals surface area contributed by atoms with Crippen LogP contribution < -0.4 is 15.4 Å². The summed E-state index contributed by atoms with van der Waals surface area (Å²) in [5.41, 5.74) is 0.680. The van der Waals surface area contributed by atoms with E-state index in [1.807, 2.05) is 35.0 Å². The number of likely N-dealkylation sites (N-methyl/N-ethyl adjacent to an activating group) is 1. The number of para-hydroxylation sites is 2. The van der Waals surface area contributed by atoms with Crippen LogP contribution in [0.1, 0.15) is 20.3 Å². The van der Waals surface area contributed by atoms with E-state index in [0.29, 0.717) is 24.6 Å². The number of hydrogen-bond acceptors (Lipinski definition) is 4. The lowest BCUT2D eigenvalue weighted by molar-refractivity contribution is 0.223. The smallest absolute Gasteiger partial charge is 0.319 e. The van der Waals surface area contributed by atoms with Crippen LogP contribution in [0.2, 0.25) is 0 Å². The number of imidazole rings is 1. The lowest BCUT2D eigenvalue weighted by Crippen LogP contribution is -2.30. The Morgan fingerprint density at radius 2 is 2.08 bits per heavy atom. The van der Waals surface area contributed by atoms with Crippen molar-refractivity contribution in [2.75, 3.05) is 38.1 Å². The summed E-state index contributed by atoms with van der Waals surface area (Å²) in [5, 5.41) is 5.73. The van der Waals surface area contributed by atoms with Gasteiger partial charge in [-0.1, -0.05) is 26.0 Å². The number of anilines is 1. The van der Waals surface area contributed by atoms with Crippen LogP contribution in [0.25, 0.3) is 0 Å². The van der Waals surface area contributed by atoms with E-state index in [0.717, 1.165) is 32.6 Å². The molecule has 7 heteroatoms. The maximum absolute atomic E-state index is 12.1. The topological polar surface area (TPSA) is 71.4 Å². The SMILES string of the molecule is CCN(CC)CCOc1ccccc1NC(=O)NCCCn1ccnc1. The molecule has 0 saturated carbocycles. The third kappa shape index (κ3) is 6.76. The van der Waals surface area contributed by atoms with Crippen LogP contribution in [0.3, 0.4) is 0 Å². The van der Waals surface area contributed by atoms with Crippen LogP contribution in [0.4, 0.5) is 10.5 Å². The lowest BCUT2D eigenvalue weighted by Gasteiger charge is -2.19. The van der Waals surface area contributed by atoms with Gasteiger partial charge in [-0.3, -0.25) is 0 Å². The first kappa shape index (κ1) is 19.8. The Bertz CT molecular complexity index is 641. The Labute approximate surface area is 155 Å². The van der Waals surface area contributed by atoms with E-state index in [-0.39, 0.29) is 6.03 Å². The molecule has 0 aliphatic heterocycles. The summed E-state index contributed by atoms with van der Waals surface area (Å²) in [6.07, 6.45) is 6.26. The van der Waals surface area contributed by atoms with Gasteiger partial charge in [-0.15, -0.1) is 0 Å². The summed E-state index contributed by atoms with van der Waals surface area (Å²) in [6.45, 7) is 9.14. The molecule has 142 valence electrons. The maximum Gasteiger partial charge on any atom is 0.319 e. The number of ether oxygens (including phenoxy) is 1. The highest BCUT2D eigenvalue weighted by molar-refractivity contribution is 5.90. The molecule has 0 atom stereocenters. The van der Waals surface area contributed by atoms with E-state index >= 15 is 0 Å². The molecule has 2 rings (SSSR count). The first-order valence-corrected chi connectivity index (χ1v) is 9.17. The Hall–Kier alpha value is -2.54. The van der Waals surface area contributed by atoms with Crippen molar-refractivity contribution in [3.63, 3.8) is 0 Å². The van der Waals surface area contributed by atoms with Crippen molar-refractivity contribution in [3.8, 4) is 5.75 Å². The third-order valence-corrected chi connectivity index (χ3v) is 4.13. The molecule has 0 radical (unpaired) electrons. The summed E-state index contributed by atoms with van der Waals surface area (Å²) in [6, 6.07) is 7.28. The van der Waals surface area contributed by atoms with Crippen LogP contribution in [0.15, 0.2) is 43.0 Å². The van der Waals surface area contributed by atoms with Crippen molar-refractivity contribution >= 4 is 11.7 Å². The summed E-state index contributed by atoms with van der Waals surface area (Å²) >= 11 is 0. The molecular formula is C19H29N5O2. The summed E-state index contributed by atoms with van der Waals surface area (Å²) in [5.74, 6) is 0.688. The highest BCUT2D eigenvalue weighted by Crippen LogP contribution is 2.23. The van der Waals surface area contributed by atoms with E-state index in [4.69, 9.17) is 4.74 Å². The fraction of sp³-hybridized carbons (Fsp3) is 0.474. The molecule has 1 heterocycles. The molecule has 0 spiro atoms. The predicted octanol–water partition coefficient (Wildman–Crippen LogP) is 2.82. The Balaban J connectivity index is 1.74. The van der Waals surface area contributed by atoms with Gasteiger partial charge in [0.15, 0.2) is 0 Å². The normalized spacial score (nSPS) is 10.7. The van der Waals surface area contributed by atoms with Gasteiger partial charge < -0.3 is 24.8 Å². The first-order valence-electron chi connectivity index (χ1n) is 9.17. The Morgan fingerprint density at radius 3 is 2.81 bits per heavy atom. The number of carbonyl (C=O) groups excluding carboxylic acids is 1. The van der Waals surface area contributed by atoms with Gasteiger partial charge in [-0.2, -0.15) is 0 Å². The zero-order chi connectivity index (χ0) is 18.6. The number of rotatable bonds is 11. The zero-order valence-corrected chi connectivity index (χ0v) is 15.6. The maximum atomic E-state index is 12.1. The molecule has 26 heavy (non-hydrogen) atoms. The molecule has 0 aliphatic carbocycles. The Morgan fingerprint density at radius 1 is 1.27 bits per heavy atom. The summed E-state index contributed by atoms with van der Waals surface area (Å²) in [4.78, 5) is 18.4. The van der Waals surface area contributed by atoms with Gasteiger partial charge in [0, 0.05) is 32.0 Å². The first-order chi connectivity index (χ1) is 12.7. The molecule has 0 fully saturated rings. The average molecular weight is 359 g/mol. The van der Waals surface area contributed by atoms with E-state index in [1.54, 1.807) is 12.5 Å². The molecule has 0 saturated heterocycles. The largest absolute Gasteiger partial charge is 0.490 e. The minimum Gasteiger partial charge on any atom is -0.490 e. The molecule has 0 unspecified atom stereocenters. The lowest BCUT2D eigenvalue weighted by atomic mass is 10.3. The number of carbonyl (C=O) groups is 1. The van der Waals surface area contributed by atoms with E-state index in [2.05, 4.69) is 34.4 Å². The van der Waals surface area contributed by atoms with Crippen molar-refractivity contribution in [2.24, 2.45) is 0 Å². The Kier molecular flexibility index (Phi) is 8.48. The summed E-state index contributed by atoms with van der Waals surface area (Å²) in [7, 11) is 0. The number of aromatic nitrogens is 2. The van der Waals surface area contributed by atoms with Crippen molar-refractivity contribution in [1.29, 1.82) is 0 Å². The van der Waals surface area contributed by atoms with Crippen molar-refractivity contribution < 1.29 is 9.53 Å². The van der Waals surface area contributed by atoms with E-state index in [1.165, 1.54) is 0 Å². The molecular weight excluding hydrogens is 330 g/mol. The van der Waals surface area contributed by atoms with Gasteiger partial charge in [0.1, 0.15) is 12.4 Å². The molecule has 0 bridgehead atoms. The van der Waals surface area contributed by atoms with Crippen molar-refractivity contribution in [3.05, 3.63) is 43.0 Å². The fourth-order valence-electron chi connectivity index (χ4n) is 2.57. The van der Waals surface area contributed by atoms with Crippen LogP contribution >= 0.6 is 0 Å². The second-order valence-electron chi connectivity index (χ2n) is 5.91. The van der Waals surface area contributed by atoms with Crippen LogP contribution in [-0.4, -0.2) is 53.3 Å². The van der Waals surface area contributed by atoms with E-state index < -0.39 is 0 Å². The highest BCUT2D eigenvalue weighted by atomic mass is 16.5. The standard InChI is InChI=1S/C19H29N5O2/c1-3-23(4-2)14-15-26-18-9-6-5-8-17(18)22-19(25)21-10-7-12-24-13-11-20-16-24/h5-6,8-9,11,13,16H,3-4,7,10,12,14-15H2,1-2H3,(H2,21,22,25). The van der Waals surface area contributed by atoms with Crippen molar-refractivity contribution in [2.45, 2.75) is 26.8 Å². The second-order valence-corrected chi connectivity index (χ2v) is 5.91. The van der Waals surface area contributed by atoms with Gasteiger partial charge in [-0.05, 0) is 31.6 Å². The minimum atomic E-state index is -0.226. The molecule has 2 aromatic rings. The number of nitrogens with one attached hydrogen (secondary N) is 2. The molecule has 1 aromatic heterocycles. The van der Waals surface area contributed by atoms with Gasteiger partial charge >= 0.3 is 6.03 Å². The average Bonchev–Trinajstić information content (AvgIpc) is 3.17. The van der Waals surface area contributed by atoms with Crippen LogP contribution in [0.5, 0.6) is 5.75 Å². The monoisotopic (exact) mass is 359 g/mol. The van der Waals surface area contributed by atoms with Gasteiger partial charge in [0.05, 0.1) is 12.0 Å². The second kappa shape index (κ2) is 11.1. The van der Waals surface area contributed by atoms with E-state index in [9.17, 15) is 4.79 Å². The minimum absolute atomic E-state index is 0.226. The fourth-order valence-corrected chi connectivity index (χ4v) is 2.57. The van der Waals surface area contributed by atoms with Gasteiger partial charge in [0.2, 0.25) is 0 Å². The molecule has 1 aromatic carbocycles. The summed E-state index contributed by atoms with van der Waals surface area (Å²) < 4.78 is 7.84. The zero-order valence-electron chi connectivity index (χ0n) is 15.6. The molecule has 0 aliphatic rings. The third-order valence-electron chi connectivity index (χ3n) is 4.13. The number of hydrogen-bond donors (Lipinski definition) is 2. The van der Waals surface area contributed by atoms with Crippen LogP contribution in [0, 0.1) is 0 Å². The number of nitrogens with zero attached hydrogens (tertiary/aromatic N) is 3. The van der Waals surface area contributed by atoms with Crippen molar-refractivity contribution in [1.82, 2.24) is 19.8 Å². The highest BCUT2D eigenvalue weighted by Gasteiger charge is 2.07. The number of amides is 2. The molecule has 2 N–H and O–H groups in total. The molecule has 2 amide bonds. The predicted molar refractivity (Wildman–Crippen MR) is 104 cm³/mol. The quantitative estimate of drug-likeness (QED) is 0.605. The number of benzene rings is 1. The van der Waals surface area contributed by atoms with Crippen LogP contribution in [-0.2, 0) is 6.54 Å². The number of aryl methyl sites for hydroxylation is 1. The van der Waals surface area contributed by atoms with Gasteiger partial charge in [-0.25, -0.2) is 9.78 Å². The molecule has 7 nitrogen and oxygen atoms in total. The number of urea groups is 1. The van der Waals surface area contributed by atoms with Gasteiger partial charge in [0.25, 0.3) is 0 Å².